The van der Waals surface area contributed by atoms with E-state index in [1.54, 1.807) is 6.08 Å². The van der Waals surface area contributed by atoms with Crippen molar-refractivity contribution < 1.29 is 4.79 Å². The minimum Gasteiger partial charge on any atom is -0.353 e. The normalized spacial score (nSPS) is 8.58. The van der Waals surface area contributed by atoms with E-state index in [1.165, 1.54) is 0 Å². The molecular weight excluding hydrogens is 150 g/mol. The van der Waals surface area contributed by atoms with Gasteiger partial charge in [-0.3, -0.25) is 4.79 Å². The van der Waals surface area contributed by atoms with E-state index in [0.717, 1.165) is 19.3 Å². The first-order valence-electron chi connectivity index (χ1n) is 4.12. The van der Waals surface area contributed by atoms with Crippen LogP contribution in [0.3, 0.4) is 0 Å². The predicted octanol–water partition coefficient (Wildman–Crippen LogP) is 1.48. The second kappa shape index (κ2) is 7.87. The third-order valence-electron chi connectivity index (χ3n) is 1.42. The van der Waals surface area contributed by atoms with E-state index < -0.39 is 0 Å². The third-order valence-corrected chi connectivity index (χ3v) is 1.42. The maximum atomic E-state index is 11.0. The van der Waals surface area contributed by atoms with Crippen LogP contribution in [0.1, 0.15) is 25.7 Å². The first kappa shape index (κ1) is 10.8. The fourth-order valence-corrected chi connectivity index (χ4v) is 0.787. The highest BCUT2D eigenvalue weighted by atomic mass is 16.1. The van der Waals surface area contributed by atoms with Crippen LogP contribution in [-0.2, 0) is 4.79 Å². The highest BCUT2D eigenvalue weighted by molar-refractivity contribution is 5.75. The van der Waals surface area contributed by atoms with E-state index in [4.69, 9.17) is 6.42 Å². The first-order valence-corrected chi connectivity index (χ1v) is 4.12. The Morgan fingerprint density at radius 1 is 1.58 bits per heavy atom. The van der Waals surface area contributed by atoms with Gasteiger partial charge in [-0.25, -0.2) is 0 Å². The maximum Gasteiger partial charge on any atom is 0.220 e. The lowest BCUT2D eigenvalue weighted by Crippen LogP contribution is -2.22. The van der Waals surface area contributed by atoms with Gasteiger partial charge in [-0.05, 0) is 12.8 Å². The van der Waals surface area contributed by atoms with Crippen LogP contribution in [-0.4, -0.2) is 12.5 Å². The number of carbonyl (C=O) groups is 1. The summed E-state index contributed by atoms with van der Waals surface area (Å²) in [6.07, 6.45) is 9.85. The number of hydrogen-bond donors (Lipinski definition) is 1. The molecule has 0 aromatic heterocycles. The van der Waals surface area contributed by atoms with E-state index in [1.807, 2.05) is 0 Å². The minimum atomic E-state index is 0.0759. The smallest absolute Gasteiger partial charge is 0.220 e. The molecule has 0 aliphatic heterocycles. The van der Waals surface area contributed by atoms with Crippen LogP contribution in [0.5, 0.6) is 0 Å². The maximum absolute atomic E-state index is 11.0. The van der Waals surface area contributed by atoms with Crippen molar-refractivity contribution in [1.82, 2.24) is 5.32 Å². The summed E-state index contributed by atoms with van der Waals surface area (Å²) in [4.78, 5) is 11.0. The molecular formula is C10H15NO. The lowest BCUT2D eigenvalue weighted by Gasteiger charge is -2.00. The number of hydrogen-bond acceptors (Lipinski definition) is 1. The third kappa shape index (κ3) is 6.88. The van der Waals surface area contributed by atoms with Gasteiger partial charge in [0.05, 0.1) is 0 Å². The molecule has 1 N–H and O–H groups in total. The van der Waals surface area contributed by atoms with Crippen LogP contribution in [0.4, 0.5) is 0 Å². The van der Waals surface area contributed by atoms with Crippen molar-refractivity contribution in [3.8, 4) is 12.3 Å². The van der Waals surface area contributed by atoms with Crippen molar-refractivity contribution in [3.05, 3.63) is 12.7 Å². The molecule has 12 heavy (non-hydrogen) atoms. The van der Waals surface area contributed by atoms with Crippen LogP contribution in [0.2, 0.25) is 0 Å². The van der Waals surface area contributed by atoms with Crippen LogP contribution in [0.15, 0.2) is 12.7 Å². The lowest BCUT2D eigenvalue weighted by molar-refractivity contribution is -0.120. The molecule has 0 unspecified atom stereocenters. The van der Waals surface area contributed by atoms with Gasteiger partial charge in [0, 0.05) is 19.4 Å². The second-order valence-corrected chi connectivity index (χ2v) is 2.50. The topological polar surface area (TPSA) is 29.1 Å². The van der Waals surface area contributed by atoms with Gasteiger partial charge < -0.3 is 5.32 Å². The molecule has 0 aromatic rings. The van der Waals surface area contributed by atoms with E-state index in [2.05, 4.69) is 17.8 Å². The summed E-state index contributed by atoms with van der Waals surface area (Å²) < 4.78 is 0. The molecule has 0 bridgehead atoms. The van der Waals surface area contributed by atoms with Crippen LogP contribution >= 0.6 is 0 Å². The van der Waals surface area contributed by atoms with E-state index >= 15 is 0 Å². The summed E-state index contributed by atoms with van der Waals surface area (Å²) >= 11 is 0. The van der Waals surface area contributed by atoms with E-state index in [0.29, 0.717) is 13.0 Å². The van der Waals surface area contributed by atoms with Crippen molar-refractivity contribution in [3.63, 3.8) is 0 Å². The van der Waals surface area contributed by atoms with Gasteiger partial charge >= 0.3 is 0 Å². The Hall–Kier alpha value is -1.23. The highest BCUT2D eigenvalue weighted by Crippen LogP contribution is 1.97. The molecule has 0 atom stereocenters. The van der Waals surface area contributed by atoms with E-state index in [-0.39, 0.29) is 5.91 Å². The van der Waals surface area contributed by atoms with Gasteiger partial charge in [0.2, 0.25) is 5.91 Å². The van der Waals surface area contributed by atoms with Crippen LogP contribution < -0.4 is 5.32 Å². The number of amides is 1. The molecule has 0 aliphatic carbocycles. The van der Waals surface area contributed by atoms with Gasteiger partial charge in [0.1, 0.15) is 0 Å². The zero-order valence-electron chi connectivity index (χ0n) is 7.31. The Morgan fingerprint density at radius 2 is 2.33 bits per heavy atom. The summed E-state index contributed by atoms with van der Waals surface area (Å²) in [5.74, 6) is 2.61. The first-order chi connectivity index (χ1) is 5.81. The fourth-order valence-electron chi connectivity index (χ4n) is 0.787. The Bertz CT molecular complexity index is 179. The van der Waals surface area contributed by atoms with Gasteiger partial charge in [-0.2, -0.15) is 0 Å². The van der Waals surface area contributed by atoms with Crippen molar-refractivity contribution in [2.45, 2.75) is 25.7 Å². The molecule has 1 amide bonds. The molecule has 0 aliphatic rings. The molecule has 0 saturated carbocycles. The molecule has 66 valence electrons. The summed E-state index contributed by atoms with van der Waals surface area (Å²) in [6, 6.07) is 0. The monoisotopic (exact) mass is 165 g/mol. The summed E-state index contributed by atoms with van der Waals surface area (Å²) in [6.45, 7) is 4.05. The summed E-state index contributed by atoms with van der Waals surface area (Å²) in [7, 11) is 0. The fraction of sp³-hybridized carbons (Fsp3) is 0.500. The lowest BCUT2D eigenvalue weighted by atomic mass is 10.2. The van der Waals surface area contributed by atoms with Crippen molar-refractivity contribution >= 4 is 5.91 Å². The van der Waals surface area contributed by atoms with Crippen molar-refractivity contribution in [2.75, 3.05) is 6.54 Å². The highest BCUT2D eigenvalue weighted by Gasteiger charge is 1.97. The zero-order valence-corrected chi connectivity index (χ0v) is 7.31. The molecule has 2 nitrogen and oxygen atoms in total. The minimum absolute atomic E-state index is 0.0759. The Kier molecular flexibility index (Phi) is 7.07. The SMILES string of the molecule is C#CCCCCC(=O)NCC=C. The van der Waals surface area contributed by atoms with Crippen molar-refractivity contribution in [1.29, 1.82) is 0 Å². The van der Waals surface area contributed by atoms with Gasteiger partial charge in [0.25, 0.3) is 0 Å². The van der Waals surface area contributed by atoms with Crippen molar-refractivity contribution in [2.24, 2.45) is 0 Å². The molecule has 0 rings (SSSR count). The molecule has 0 fully saturated rings. The standard InChI is InChI=1S/C10H15NO/c1-3-5-6-7-8-10(12)11-9-4-2/h1,4H,2,5-9H2,(H,11,12). The quantitative estimate of drug-likeness (QED) is 0.360. The Labute approximate surface area is 74.0 Å². The molecule has 0 aromatic carbocycles. The predicted molar refractivity (Wildman–Crippen MR) is 50.5 cm³/mol. The summed E-state index contributed by atoms with van der Waals surface area (Å²) in [5, 5.41) is 2.70. The number of terminal acetylenes is 1. The average Bonchev–Trinajstić information content (AvgIpc) is 2.09. The molecule has 2 heteroatoms. The zero-order chi connectivity index (χ0) is 9.23. The number of unbranched alkanes of at least 4 members (excludes halogenated alkanes) is 2. The second-order valence-electron chi connectivity index (χ2n) is 2.50. The summed E-state index contributed by atoms with van der Waals surface area (Å²) in [5.41, 5.74) is 0. The molecule has 0 spiro atoms. The number of rotatable bonds is 6. The number of carbonyl (C=O) groups excluding carboxylic acids is 1. The van der Waals surface area contributed by atoms with Gasteiger partial charge in [-0.1, -0.05) is 6.08 Å². The number of nitrogens with one attached hydrogen (secondary N) is 1. The van der Waals surface area contributed by atoms with Crippen LogP contribution in [0, 0.1) is 12.3 Å². The van der Waals surface area contributed by atoms with Gasteiger partial charge in [-0.15, -0.1) is 18.9 Å². The van der Waals surface area contributed by atoms with Crippen LogP contribution in [0.25, 0.3) is 0 Å². The molecule has 0 heterocycles. The molecule has 0 radical (unpaired) electrons. The average molecular weight is 165 g/mol. The molecule has 0 saturated heterocycles. The largest absolute Gasteiger partial charge is 0.353 e. The van der Waals surface area contributed by atoms with Gasteiger partial charge in [0.15, 0.2) is 0 Å². The Balaban J connectivity index is 3.20. The van der Waals surface area contributed by atoms with E-state index in [9.17, 15) is 4.79 Å². The Morgan fingerprint density at radius 3 is 2.92 bits per heavy atom.